The van der Waals surface area contributed by atoms with Crippen molar-refractivity contribution < 1.29 is 17.9 Å². The van der Waals surface area contributed by atoms with Crippen LogP contribution in [0.4, 0.5) is 0 Å². The SMILES string of the molecule is COCCS(=O)(=O)CC(=O)N1CCNCC1c1ccccc1Cl. The molecular weight excluding hydrogens is 340 g/mol. The molecule has 0 aliphatic carbocycles. The van der Waals surface area contributed by atoms with E-state index in [-0.39, 0.29) is 18.4 Å². The molecule has 1 aliphatic heterocycles. The lowest BCUT2D eigenvalue weighted by Crippen LogP contribution is -2.50. The minimum atomic E-state index is -3.48. The molecule has 1 aromatic carbocycles. The summed E-state index contributed by atoms with van der Waals surface area (Å²) in [5, 5.41) is 3.79. The van der Waals surface area contributed by atoms with E-state index in [0.717, 1.165) is 5.56 Å². The molecule has 0 aromatic heterocycles. The summed E-state index contributed by atoms with van der Waals surface area (Å²) < 4.78 is 28.7. The first kappa shape index (κ1) is 18.2. The molecule has 6 nitrogen and oxygen atoms in total. The van der Waals surface area contributed by atoms with Gasteiger partial charge in [0, 0.05) is 31.8 Å². The second kappa shape index (κ2) is 8.10. The molecule has 1 heterocycles. The quantitative estimate of drug-likeness (QED) is 0.814. The van der Waals surface area contributed by atoms with Crippen LogP contribution >= 0.6 is 11.6 Å². The Balaban J connectivity index is 2.15. The maximum absolute atomic E-state index is 12.5. The molecular formula is C15H21ClN2O4S. The molecule has 0 saturated carbocycles. The zero-order chi connectivity index (χ0) is 16.9. The van der Waals surface area contributed by atoms with Gasteiger partial charge in [0.1, 0.15) is 5.75 Å². The lowest BCUT2D eigenvalue weighted by Gasteiger charge is -2.37. The maximum atomic E-state index is 12.5. The summed E-state index contributed by atoms with van der Waals surface area (Å²) in [7, 11) is -2.05. The lowest BCUT2D eigenvalue weighted by molar-refractivity contribution is -0.131. The Morgan fingerprint density at radius 1 is 1.43 bits per heavy atom. The van der Waals surface area contributed by atoms with E-state index in [9.17, 15) is 13.2 Å². The summed E-state index contributed by atoms with van der Waals surface area (Å²) in [5.74, 6) is -1.05. The summed E-state index contributed by atoms with van der Waals surface area (Å²) in [6.07, 6.45) is 0. The van der Waals surface area contributed by atoms with E-state index in [1.165, 1.54) is 7.11 Å². The highest BCUT2D eigenvalue weighted by Gasteiger charge is 2.31. The Labute approximate surface area is 141 Å². The van der Waals surface area contributed by atoms with E-state index >= 15 is 0 Å². The fourth-order valence-corrected chi connectivity index (χ4v) is 3.95. The van der Waals surface area contributed by atoms with Gasteiger partial charge in [-0.2, -0.15) is 0 Å². The Hall–Kier alpha value is -1.15. The fourth-order valence-electron chi connectivity index (χ4n) is 2.58. The molecule has 1 amide bonds. The second-order valence-electron chi connectivity index (χ2n) is 5.41. The van der Waals surface area contributed by atoms with E-state index < -0.39 is 21.5 Å². The standard InChI is InChI=1S/C15H21ClN2O4S/c1-22-8-9-23(20,21)11-15(19)18-7-6-17-10-14(18)12-4-2-3-5-13(12)16/h2-5,14,17H,6-11H2,1H3. The van der Waals surface area contributed by atoms with E-state index in [4.69, 9.17) is 16.3 Å². The number of ether oxygens (including phenoxy) is 1. The van der Waals surface area contributed by atoms with Gasteiger partial charge >= 0.3 is 0 Å². The highest BCUT2D eigenvalue weighted by Crippen LogP contribution is 2.28. The van der Waals surface area contributed by atoms with Crippen LogP contribution in [0.3, 0.4) is 0 Å². The van der Waals surface area contributed by atoms with E-state index in [2.05, 4.69) is 5.32 Å². The first-order valence-electron chi connectivity index (χ1n) is 7.38. The van der Waals surface area contributed by atoms with Gasteiger partial charge in [0.05, 0.1) is 18.4 Å². The van der Waals surface area contributed by atoms with E-state index in [1.807, 2.05) is 18.2 Å². The van der Waals surface area contributed by atoms with Crippen molar-refractivity contribution in [3.05, 3.63) is 34.9 Å². The molecule has 23 heavy (non-hydrogen) atoms. The molecule has 0 spiro atoms. The molecule has 1 saturated heterocycles. The minimum Gasteiger partial charge on any atom is -0.384 e. The summed E-state index contributed by atoms with van der Waals surface area (Å²) in [4.78, 5) is 14.1. The number of methoxy groups -OCH3 is 1. The largest absolute Gasteiger partial charge is 0.384 e. The number of piperazine rings is 1. The predicted molar refractivity (Wildman–Crippen MR) is 89.3 cm³/mol. The topological polar surface area (TPSA) is 75.7 Å². The molecule has 1 aromatic rings. The number of carbonyl (C=O) groups excluding carboxylic acids is 1. The van der Waals surface area contributed by atoms with Crippen molar-refractivity contribution in [3.63, 3.8) is 0 Å². The van der Waals surface area contributed by atoms with Crippen molar-refractivity contribution in [2.45, 2.75) is 6.04 Å². The summed E-state index contributed by atoms with van der Waals surface area (Å²) in [6, 6.07) is 7.04. The van der Waals surface area contributed by atoms with Gasteiger partial charge in [0.25, 0.3) is 0 Å². The molecule has 0 radical (unpaired) electrons. The Bertz CT molecular complexity index is 651. The number of nitrogens with one attached hydrogen (secondary N) is 1. The van der Waals surface area contributed by atoms with Gasteiger partial charge in [0.15, 0.2) is 9.84 Å². The number of amides is 1. The first-order valence-corrected chi connectivity index (χ1v) is 9.58. The van der Waals surface area contributed by atoms with Gasteiger partial charge in [-0.1, -0.05) is 29.8 Å². The van der Waals surface area contributed by atoms with Crippen molar-refractivity contribution in [2.75, 3.05) is 44.9 Å². The monoisotopic (exact) mass is 360 g/mol. The number of sulfone groups is 1. The Morgan fingerprint density at radius 2 is 2.17 bits per heavy atom. The van der Waals surface area contributed by atoms with Crippen LogP contribution in [0.15, 0.2) is 24.3 Å². The summed E-state index contributed by atoms with van der Waals surface area (Å²) in [6.45, 7) is 1.72. The maximum Gasteiger partial charge on any atom is 0.238 e. The number of halogens is 1. The van der Waals surface area contributed by atoms with Crippen molar-refractivity contribution in [3.8, 4) is 0 Å². The van der Waals surface area contributed by atoms with Crippen molar-refractivity contribution in [1.82, 2.24) is 10.2 Å². The number of nitrogens with zero attached hydrogens (tertiary/aromatic N) is 1. The average molecular weight is 361 g/mol. The van der Waals surface area contributed by atoms with Crippen LogP contribution in [0.1, 0.15) is 11.6 Å². The van der Waals surface area contributed by atoms with Crippen LogP contribution < -0.4 is 5.32 Å². The third-order valence-electron chi connectivity index (χ3n) is 3.77. The average Bonchev–Trinajstić information content (AvgIpc) is 2.53. The minimum absolute atomic E-state index is 0.0884. The summed E-state index contributed by atoms with van der Waals surface area (Å²) >= 11 is 6.23. The van der Waals surface area contributed by atoms with Crippen LogP contribution in [0.5, 0.6) is 0 Å². The highest BCUT2D eigenvalue weighted by molar-refractivity contribution is 7.92. The molecule has 8 heteroatoms. The van der Waals surface area contributed by atoms with Crippen molar-refractivity contribution >= 4 is 27.3 Å². The number of carbonyl (C=O) groups is 1. The zero-order valence-corrected chi connectivity index (χ0v) is 14.6. The van der Waals surface area contributed by atoms with Crippen LogP contribution in [0.2, 0.25) is 5.02 Å². The van der Waals surface area contributed by atoms with Gasteiger partial charge in [-0.15, -0.1) is 0 Å². The smallest absolute Gasteiger partial charge is 0.238 e. The molecule has 1 N–H and O–H groups in total. The van der Waals surface area contributed by atoms with Crippen molar-refractivity contribution in [2.24, 2.45) is 0 Å². The highest BCUT2D eigenvalue weighted by atomic mass is 35.5. The molecule has 1 aliphatic rings. The second-order valence-corrected chi connectivity index (χ2v) is 8.00. The van der Waals surface area contributed by atoms with Crippen LogP contribution in [-0.4, -0.2) is 64.1 Å². The predicted octanol–water partition coefficient (Wildman–Crippen LogP) is 0.874. The first-order chi connectivity index (χ1) is 10.9. The van der Waals surface area contributed by atoms with Crippen LogP contribution in [0.25, 0.3) is 0 Å². The fraction of sp³-hybridized carbons (Fsp3) is 0.533. The normalized spacial score (nSPS) is 18.9. The Kier molecular flexibility index (Phi) is 6.41. The molecule has 0 bridgehead atoms. The molecule has 2 rings (SSSR count). The number of hydrogen-bond acceptors (Lipinski definition) is 5. The van der Waals surface area contributed by atoms with Crippen LogP contribution in [-0.2, 0) is 19.4 Å². The Morgan fingerprint density at radius 3 is 2.87 bits per heavy atom. The van der Waals surface area contributed by atoms with Gasteiger partial charge in [0.2, 0.25) is 5.91 Å². The molecule has 128 valence electrons. The third-order valence-corrected chi connectivity index (χ3v) is 5.59. The molecule has 1 fully saturated rings. The molecule has 1 atom stereocenters. The lowest BCUT2D eigenvalue weighted by atomic mass is 10.0. The van der Waals surface area contributed by atoms with Gasteiger partial charge in [-0.3, -0.25) is 4.79 Å². The number of benzene rings is 1. The van der Waals surface area contributed by atoms with Gasteiger partial charge in [-0.25, -0.2) is 8.42 Å². The van der Waals surface area contributed by atoms with E-state index in [1.54, 1.807) is 11.0 Å². The number of rotatable bonds is 6. The van der Waals surface area contributed by atoms with Gasteiger partial charge in [-0.05, 0) is 11.6 Å². The zero-order valence-electron chi connectivity index (χ0n) is 13.0. The molecule has 1 unspecified atom stereocenters. The summed E-state index contributed by atoms with van der Waals surface area (Å²) in [5.41, 5.74) is 0.823. The van der Waals surface area contributed by atoms with E-state index in [0.29, 0.717) is 24.7 Å². The number of hydrogen-bond donors (Lipinski definition) is 1. The third kappa shape index (κ3) is 4.91. The van der Waals surface area contributed by atoms with Crippen molar-refractivity contribution in [1.29, 1.82) is 0 Å². The van der Waals surface area contributed by atoms with Gasteiger partial charge < -0.3 is 15.0 Å². The van der Waals surface area contributed by atoms with Crippen LogP contribution in [0, 0.1) is 0 Å².